The van der Waals surface area contributed by atoms with Crippen molar-refractivity contribution < 1.29 is 26.7 Å². The smallest absolute Gasteiger partial charge is 0.187 e. The van der Waals surface area contributed by atoms with Gasteiger partial charge in [-0.05, 0) is 48.4 Å². The zero-order valence-corrected chi connectivity index (χ0v) is 21.8. The first-order valence-corrected chi connectivity index (χ1v) is 13.9. The normalized spacial score (nSPS) is 17.9. The fraction of sp³-hybridized carbons (Fsp3) is 0.286. The van der Waals surface area contributed by atoms with E-state index in [1.54, 1.807) is 0 Å². The number of rotatable bonds is 10. The fourth-order valence-corrected chi connectivity index (χ4v) is 6.27. The lowest BCUT2D eigenvalue weighted by molar-refractivity contribution is 0.113. The second-order valence-corrected chi connectivity index (χ2v) is 11.3. The van der Waals surface area contributed by atoms with Gasteiger partial charge in [0.1, 0.15) is 23.7 Å². The number of fused-ring (bicyclic) bond motifs is 1. The highest BCUT2D eigenvalue weighted by Gasteiger charge is 2.44. The lowest BCUT2D eigenvalue weighted by Gasteiger charge is -2.31. The molecule has 10 heteroatoms. The molecule has 0 radical (unpaired) electrons. The average Bonchev–Trinajstić information content (AvgIpc) is 2.92. The third kappa shape index (κ3) is 6.38. The van der Waals surface area contributed by atoms with Crippen LogP contribution in [0.25, 0.3) is 0 Å². The molecule has 0 aliphatic carbocycles. The van der Waals surface area contributed by atoms with E-state index in [-0.39, 0.29) is 23.8 Å². The molecule has 4 rings (SSSR count). The van der Waals surface area contributed by atoms with Crippen molar-refractivity contribution in [2.45, 2.75) is 35.6 Å². The van der Waals surface area contributed by atoms with E-state index in [1.807, 2.05) is 30.3 Å². The first-order valence-electron chi connectivity index (χ1n) is 11.9. The van der Waals surface area contributed by atoms with Crippen LogP contribution in [0.5, 0.6) is 5.75 Å². The van der Waals surface area contributed by atoms with Gasteiger partial charge in [0.2, 0.25) is 0 Å². The van der Waals surface area contributed by atoms with Crippen molar-refractivity contribution in [1.29, 1.82) is 5.26 Å². The molecule has 3 unspecified atom stereocenters. The van der Waals surface area contributed by atoms with Gasteiger partial charge in [0.25, 0.3) is 0 Å². The van der Waals surface area contributed by atoms with Crippen molar-refractivity contribution in [3.63, 3.8) is 0 Å². The molecular formula is C28H25ClF2N2O4S. The molecule has 6 nitrogen and oxygen atoms in total. The van der Waals surface area contributed by atoms with Crippen molar-refractivity contribution in [1.82, 2.24) is 0 Å². The Morgan fingerprint density at radius 1 is 1.11 bits per heavy atom. The second-order valence-electron chi connectivity index (χ2n) is 8.82. The largest absolute Gasteiger partial charge is 0.488 e. The zero-order chi connectivity index (χ0) is 27.1. The molecule has 0 N–H and O–H groups in total. The second kappa shape index (κ2) is 12.5. The van der Waals surface area contributed by atoms with Crippen LogP contribution in [0.15, 0.2) is 76.6 Å². The Balaban J connectivity index is 1.59. The first kappa shape index (κ1) is 27.7. The Bertz CT molecular complexity index is 1430. The van der Waals surface area contributed by atoms with Gasteiger partial charge in [-0.3, -0.25) is 4.99 Å². The zero-order valence-electron chi connectivity index (χ0n) is 20.3. The highest BCUT2D eigenvalue weighted by atomic mass is 35.5. The molecule has 0 spiro atoms. The molecule has 1 heterocycles. The molecule has 0 bridgehead atoms. The van der Waals surface area contributed by atoms with E-state index in [2.05, 4.69) is 11.1 Å². The predicted molar refractivity (Wildman–Crippen MR) is 140 cm³/mol. The van der Waals surface area contributed by atoms with Gasteiger partial charge in [0, 0.05) is 30.2 Å². The van der Waals surface area contributed by atoms with Crippen LogP contribution >= 0.6 is 11.6 Å². The van der Waals surface area contributed by atoms with Crippen LogP contribution in [0.1, 0.15) is 29.2 Å². The molecule has 1 aliphatic heterocycles. The summed E-state index contributed by atoms with van der Waals surface area (Å²) < 4.78 is 68.1. The Labute approximate surface area is 225 Å². The molecule has 0 amide bonds. The van der Waals surface area contributed by atoms with Gasteiger partial charge in [-0.25, -0.2) is 17.2 Å². The van der Waals surface area contributed by atoms with Crippen molar-refractivity contribution in [3.05, 3.63) is 94.5 Å². The van der Waals surface area contributed by atoms with Gasteiger partial charge in [0.05, 0.1) is 23.1 Å². The molecule has 0 fully saturated rings. The number of ether oxygens (including phenoxy) is 2. The summed E-state index contributed by atoms with van der Waals surface area (Å²) in [4.78, 5) is 4.34. The fourth-order valence-electron chi connectivity index (χ4n) is 4.24. The van der Waals surface area contributed by atoms with Crippen LogP contribution in [0, 0.1) is 28.9 Å². The quantitative estimate of drug-likeness (QED) is 0.221. The van der Waals surface area contributed by atoms with Gasteiger partial charge < -0.3 is 9.47 Å². The van der Waals surface area contributed by atoms with Crippen LogP contribution in [0.4, 0.5) is 8.78 Å². The molecule has 3 aromatic rings. The molecule has 0 saturated heterocycles. The third-order valence-electron chi connectivity index (χ3n) is 6.19. The summed E-state index contributed by atoms with van der Waals surface area (Å²) in [5, 5.41) is 8.07. The number of hydrogen-bond donors (Lipinski definition) is 0. The van der Waals surface area contributed by atoms with E-state index in [0.29, 0.717) is 24.7 Å². The van der Waals surface area contributed by atoms with E-state index in [0.717, 1.165) is 17.7 Å². The van der Waals surface area contributed by atoms with Gasteiger partial charge in [-0.2, -0.15) is 5.26 Å². The number of nitriles is 1. The molecular weight excluding hydrogens is 534 g/mol. The standard InChI is InChI=1S/C28H25ClF2N2O4S/c29-21-6-8-22(9-7-21)38(34,35)28-25(18-37-27-24(31)11-10-23(30)26(27)28)33-16-19(12-14-32)13-15-36-17-20-4-2-1-3-5-20/h1-11,16,19,25,28H,12-13,15,17-18H2. The van der Waals surface area contributed by atoms with Crippen LogP contribution in [0.2, 0.25) is 5.02 Å². The Morgan fingerprint density at radius 2 is 1.82 bits per heavy atom. The van der Waals surface area contributed by atoms with Gasteiger partial charge in [0.15, 0.2) is 21.4 Å². The molecule has 1 aliphatic rings. The summed E-state index contributed by atoms with van der Waals surface area (Å²) >= 11 is 5.92. The first-order chi connectivity index (χ1) is 18.3. The number of sulfone groups is 1. The number of hydrogen-bond acceptors (Lipinski definition) is 6. The lowest BCUT2D eigenvalue weighted by Crippen LogP contribution is -2.36. The minimum Gasteiger partial charge on any atom is -0.488 e. The summed E-state index contributed by atoms with van der Waals surface area (Å²) in [7, 11) is -4.24. The van der Waals surface area contributed by atoms with Gasteiger partial charge in [-0.15, -0.1) is 0 Å². The maximum Gasteiger partial charge on any atom is 0.187 e. The molecule has 38 heavy (non-hydrogen) atoms. The van der Waals surface area contributed by atoms with E-state index in [9.17, 15) is 18.1 Å². The van der Waals surface area contributed by atoms with Crippen LogP contribution in [-0.2, 0) is 21.2 Å². The highest BCUT2D eigenvalue weighted by Crippen LogP contribution is 2.44. The SMILES string of the molecule is N#CCC(C=NC1COc2c(F)ccc(F)c2C1S(=O)(=O)c1ccc(Cl)cc1)CCOCc1ccccc1. The maximum absolute atomic E-state index is 15.0. The number of halogens is 3. The van der Waals surface area contributed by atoms with Gasteiger partial charge >= 0.3 is 0 Å². The topological polar surface area (TPSA) is 88.8 Å². The van der Waals surface area contributed by atoms with E-state index >= 15 is 4.39 Å². The van der Waals surface area contributed by atoms with Crippen LogP contribution in [0.3, 0.4) is 0 Å². The van der Waals surface area contributed by atoms with Crippen molar-refractivity contribution in [3.8, 4) is 11.8 Å². The Kier molecular flexibility index (Phi) is 9.10. The minimum atomic E-state index is -4.24. The number of nitrogens with zero attached hydrogens (tertiary/aromatic N) is 2. The third-order valence-corrected chi connectivity index (χ3v) is 8.59. The summed E-state index contributed by atoms with van der Waals surface area (Å²) in [6.45, 7) is 0.478. The molecule has 198 valence electrons. The lowest BCUT2D eigenvalue weighted by atomic mass is 10.0. The Hall–Kier alpha value is -3.32. The highest BCUT2D eigenvalue weighted by molar-refractivity contribution is 7.91. The number of aliphatic imine (C=N–C) groups is 1. The van der Waals surface area contributed by atoms with Crippen LogP contribution < -0.4 is 4.74 Å². The van der Waals surface area contributed by atoms with Crippen molar-refractivity contribution in [2.24, 2.45) is 10.9 Å². The predicted octanol–water partition coefficient (Wildman–Crippen LogP) is 6.10. The van der Waals surface area contributed by atoms with E-state index in [1.165, 1.54) is 30.5 Å². The summed E-state index contributed by atoms with van der Waals surface area (Å²) in [6, 6.07) is 17.9. The van der Waals surface area contributed by atoms with E-state index in [4.69, 9.17) is 21.1 Å². The Morgan fingerprint density at radius 3 is 2.53 bits per heavy atom. The maximum atomic E-state index is 15.0. The summed E-state index contributed by atoms with van der Waals surface area (Å²) in [5.41, 5.74) is 0.608. The molecule has 3 aromatic carbocycles. The average molecular weight is 559 g/mol. The summed E-state index contributed by atoms with van der Waals surface area (Å²) in [5.74, 6) is -2.56. The molecule has 0 saturated carbocycles. The molecule has 0 aromatic heterocycles. The van der Waals surface area contributed by atoms with Gasteiger partial charge in [-0.1, -0.05) is 41.9 Å². The summed E-state index contributed by atoms with van der Waals surface area (Å²) in [6.07, 6.45) is 2.08. The minimum absolute atomic E-state index is 0.105. The molecule has 3 atom stereocenters. The van der Waals surface area contributed by atoms with Crippen LogP contribution in [-0.4, -0.2) is 33.9 Å². The van der Waals surface area contributed by atoms with Crippen molar-refractivity contribution in [2.75, 3.05) is 13.2 Å². The van der Waals surface area contributed by atoms with E-state index < -0.39 is 44.1 Å². The van der Waals surface area contributed by atoms with Crippen molar-refractivity contribution >= 4 is 27.7 Å². The number of benzene rings is 3. The monoisotopic (exact) mass is 558 g/mol.